The Morgan fingerprint density at radius 1 is 0.970 bits per heavy atom. The third-order valence-electron chi connectivity index (χ3n) is 4.30. The van der Waals surface area contributed by atoms with E-state index in [0.29, 0.717) is 22.5 Å². The van der Waals surface area contributed by atoms with Gasteiger partial charge in [0.1, 0.15) is 5.60 Å². The molecular formula is C25H24N2O5S. The van der Waals surface area contributed by atoms with Crippen LogP contribution in [0.1, 0.15) is 36.7 Å². The van der Waals surface area contributed by atoms with E-state index >= 15 is 0 Å². The third kappa shape index (κ3) is 7.05. The van der Waals surface area contributed by atoms with Crippen LogP contribution >= 0.6 is 11.3 Å². The highest BCUT2D eigenvalue weighted by Gasteiger charge is 2.18. The minimum absolute atomic E-state index is 0.376. The van der Waals surface area contributed by atoms with Gasteiger partial charge >= 0.3 is 12.1 Å². The highest BCUT2D eigenvalue weighted by molar-refractivity contribution is 7.13. The lowest BCUT2D eigenvalue weighted by Gasteiger charge is -2.21. The third-order valence-corrected chi connectivity index (χ3v) is 5.22. The van der Waals surface area contributed by atoms with Crippen LogP contribution < -0.4 is 10.6 Å². The number of amides is 2. The lowest BCUT2D eigenvalue weighted by Crippen LogP contribution is -2.27. The van der Waals surface area contributed by atoms with Gasteiger partial charge in [-0.05, 0) is 73.7 Å². The zero-order valence-electron chi connectivity index (χ0n) is 18.4. The van der Waals surface area contributed by atoms with Gasteiger partial charge in [0.2, 0.25) is 0 Å². The van der Waals surface area contributed by atoms with Crippen molar-refractivity contribution in [2.45, 2.75) is 26.4 Å². The van der Waals surface area contributed by atoms with Gasteiger partial charge in [-0.3, -0.25) is 10.1 Å². The van der Waals surface area contributed by atoms with Crippen LogP contribution in [0.3, 0.4) is 0 Å². The molecule has 3 N–H and O–H groups in total. The van der Waals surface area contributed by atoms with Gasteiger partial charge in [-0.2, -0.15) is 0 Å². The first-order valence-corrected chi connectivity index (χ1v) is 11.0. The second-order valence-corrected chi connectivity index (χ2v) is 9.06. The first-order chi connectivity index (χ1) is 15.6. The van der Waals surface area contributed by atoms with Gasteiger partial charge in [-0.1, -0.05) is 24.3 Å². The van der Waals surface area contributed by atoms with E-state index in [1.807, 2.05) is 23.6 Å². The molecule has 1 heterocycles. The summed E-state index contributed by atoms with van der Waals surface area (Å²) in [5, 5.41) is 16.2. The number of carboxylic acid groups (broad SMARTS) is 1. The minimum Gasteiger partial charge on any atom is -0.478 e. The van der Waals surface area contributed by atoms with E-state index in [0.717, 1.165) is 16.5 Å². The predicted octanol–water partition coefficient (Wildman–Crippen LogP) is 6.11. The number of ether oxygens (including phenoxy) is 1. The molecule has 8 heteroatoms. The molecule has 2 amide bonds. The lowest BCUT2D eigenvalue weighted by atomic mass is 10.1. The van der Waals surface area contributed by atoms with Gasteiger partial charge in [0, 0.05) is 16.5 Å². The Labute approximate surface area is 195 Å². The highest BCUT2D eigenvalue weighted by Crippen LogP contribution is 2.32. The van der Waals surface area contributed by atoms with Crippen molar-refractivity contribution >= 4 is 46.8 Å². The molecule has 0 atom stereocenters. The van der Waals surface area contributed by atoms with Crippen molar-refractivity contribution in [2.24, 2.45) is 0 Å². The number of nitrogens with one attached hydrogen (secondary N) is 2. The summed E-state index contributed by atoms with van der Waals surface area (Å²) in [5.74, 6) is -1.42. The molecule has 0 fully saturated rings. The zero-order valence-corrected chi connectivity index (χ0v) is 19.2. The number of carbonyl (C=O) groups excluding carboxylic acids is 2. The second kappa shape index (κ2) is 10.1. The Hall–Kier alpha value is -3.91. The summed E-state index contributed by atoms with van der Waals surface area (Å²) in [6.07, 6.45) is 1.84. The molecule has 0 aliphatic rings. The maximum absolute atomic E-state index is 12.9. The van der Waals surface area contributed by atoms with Crippen molar-refractivity contribution in [3.05, 3.63) is 77.2 Å². The van der Waals surface area contributed by atoms with Gasteiger partial charge < -0.3 is 15.2 Å². The molecule has 0 aliphatic heterocycles. The van der Waals surface area contributed by atoms with Gasteiger partial charge in [-0.15, -0.1) is 11.3 Å². The van der Waals surface area contributed by atoms with E-state index in [1.165, 1.54) is 6.08 Å². The summed E-state index contributed by atoms with van der Waals surface area (Å²) >= 11 is 1.56. The molecule has 0 aliphatic carbocycles. The number of rotatable bonds is 6. The fourth-order valence-electron chi connectivity index (χ4n) is 2.87. The first-order valence-electron chi connectivity index (χ1n) is 10.1. The summed E-state index contributed by atoms with van der Waals surface area (Å²) in [5.41, 5.74) is 2.09. The van der Waals surface area contributed by atoms with Gasteiger partial charge in [-0.25, -0.2) is 9.59 Å². The molecule has 0 saturated carbocycles. The van der Waals surface area contributed by atoms with Crippen LogP contribution in [0.15, 0.2) is 66.1 Å². The quantitative estimate of drug-likeness (QED) is 0.382. The Kier molecular flexibility index (Phi) is 7.30. The van der Waals surface area contributed by atoms with E-state index in [-0.39, 0.29) is 5.91 Å². The largest absolute Gasteiger partial charge is 0.478 e. The van der Waals surface area contributed by atoms with Crippen LogP contribution in [0.5, 0.6) is 0 Å². The maximum atomic E-state index is 12.9. The molecule has 0 radical (unpaired) electrons. The molecule has 3 rings (SSSR count). The summed E-state index contributed by atoms with van der Waals surface area (Å²) in [6.45, 7) is 5.30. The lowest BCUT2D eigenvalue weighted by molar-refractivity contribution is -0.131. The van der Waals surface area contributed by atoms with Crippen molar-refractivity contribution in [1.82, 2.24) is 0 Å². The van der Waals surface area contributed by atoms with Crippen LogP contribution in [-0.2, 0) is 9.53 Å². The van der Waals surface area contributed by atoms with Crippen molar-refractivity contribution < 1.29 is 24.2 Å². The number of hydrogen-bond acceptors (Lipinski definition) is 5. The van der Waals surface area contributed by atoms with E-state index in [9.17, 15) is 14.4 Å². The zero-order chi connectivity index (χ0) is 24.0. The number of benzene rings is 2. The molecule has 33 heavy (non-hydrogen) atoms. The topological polar surface area (TPSA) is 105 Å². The standard InChI is InChI=1S/C25H24N2O5S/c1-25(2,3)32-24(31)27-19-12-11-18(21-5-4-14-33-21)15-20(19)26-23(30)17-9-6-16(7-10-17)8-13-22(28)29/h4-15H,1-3H3,(H,26,30)(H,27,31)(H,28,29). The van der Waals surface area contributed by atoms with E-state index in [4.69, 9.17) is 9.84 Å². The van der Waals surface area contributed by atoms with Crippen LogP contribution in [-0.4, -0.2) is 28.7 Å². The number of aliphatic carboxylic acids is 1. The minimum atomic E-state index is -1.05. The molecule has 1 aromatic heterocycles. The molecule has 7 nitrogen and oxygen atoms in total. The molecule has 0 spiro atoms. The Morgan fingerprint density at radius 2 is 1.70 bits per heavy atom. The van der Waals surface area contributed by atoms with E-state index < -0.39 is 17.7 Å². The Balaban J connectivity index is 1.85. The summed E-state index contributed by atoms with van der Waals surface area (Å²) in [6, 6.07) is 15.8. The number of thiophene rings is 1. The Bertz CT molecular complexity index is 1180. The van der Waals surface area contributed by atoms with Crippen molar-refractivity contribution in [2.75, 3.05) is 10.6 Å². The monoisotopic (exact) mass is 464 g/mol. The van der Waals surface area contributed by atoms with E-state index in [1.54, 1.807) is 68.5 Å². The molecule has 0 unspecified atom stereocenters. The maximum Gasteiger partial charge on any atom is 0.412 e. The SMILES string of the molecule is CC(C)(C)OC(=O)Nc1ccc(-c2cccs2)cc1NC(=O)c1ccc(C=CC(=O)O)cc1. The normalized spacial score (nSPS) is 11.2. The van der Waals surface area contributed by atoms with Crippen LogP contribution in [0.25, 0.3) is 16.5 Å². The highest BCUT2D eigenvalue weighted by atomic mass is 32.1. The predicted molar refractivity (Wildman–Crippen MR) is 131 cm³/mol. The molecule has 2 aromatic carbocycles. The second-order valence-electron chi connectivity index (χ2n) is 8.11. The number of anilines is 2. The smallest absolute Gasteiger partial charge is 0.412 e. The van der Waals surface area contributed by atoms with Gasteiger partial charge in [0.25, 0.3) is 5.91 Å². The Morgan fingerprint density at radius 3 is 2.30 bits per heavy atom. The van der Waals surface area contributed by atoms with E-state index in [2.05, 4.69) is 10.6 Å². The fourth-order valence-corrected chi connectivity index (χ4v) is 3.60. The van der Waals surface area contributed by atoms with Crippen molar-refractivity contribution in [3.8, 4) is 10.4 Å². The van der Waals surface area contributed by atoms with Crippen LogP contribution in [0.2, 0.25) is 0 Å². The number of carbonyl (C=O) groups is 3. The molecule has 0 saturated heterocycles. The van der Waals surface area contributed by atoms with Crippen molar-refractivity contribution in [1.29, 1.82) is 0 Å². The fraction of sp³-hybridized carbons (Fsp3) is 0.160. The molecule has 170 valence electrons. The summed E-state index contributed by atoms with van der Waals surface area (Å²) in [4.78, 5) is 36.9. The molecular weight excluding hydrogens is 440 g/mol. The molecule has 3 aromatic rings. The first kappa shape index (κ1) is 23.7. The van der Waals surface area contributed by atoms with Gasteiger partial charge in [0.05, 0.1) is 11.4 Å². The van der Waals surface area contributed by atoms with Crippen molar-refractivity contribution in [3.63, 3.8) is 0 Å². The van der Waals surface area contributed by atoms with Crippen LogP contribution in [0.4, 0.5) is 16.2 Å². The molecule has 0 bridgehead atoms. The average Bonchev–Trinajstić information content (AvgIpc) is 3.27. The number of carboxylic acids is 1. The van der Waals surface area contributed by atoms with Gasteiger partial charge in [0.15, 0.2) is 0 Å². The average molecular weight is 465 g/mol. The number of hydrogen-bond donors (Lipinski definition) is 3. The van der Waals surface area contributed by atoms with Crippen LogP contribution in [0, 0.1) is 0 Å². The summed E-state index contributed by atoms with van der Waals surface area (Å²) in [7, 11) is 0. The summed E-state index contributed by atoms with van der Waals surface area (Å²) < 4.78 is 5.33.